The maximum atomic E-state index is 12.7. The molecule has 1 N–H and O–H groups in total. The molecule has 1 saturated heterocycles. The molecular weight excluding hydrogens is 316 g/mol. The van der Waals surface area contributed by atoms with Gasteiger partial charge in [0.2, 0.25) is 5.91 Å². The van der Waals surface area contributed by atoms with Crippen molar-refractivity contribution < 1.29 is 4.79 Å². The molecule has 1 unspecified atom stereocenters. The number of aromatic nitrogens is 2. The smallest absolute Gasteiger partial charge is 0.264 e. The van der Waals surface area contributed by atoms with E-state index in [0.717, 1.165) is 37.7 Å². The van der Waals surface area contributed by atoms with Gasteiger partial charge in [0.15, 0.2) is 0 Å². The Hall–Kier alpha value is -1.69. The summed E-state index contributed by atoms with van der Waals surface area (Å²) in [4.78, 5) is 28.4. The standard InChI is InChI=1S/C19H30N4O2/c1-14(2)17-13-23(11-3-10-22(17)12-15-4-5-15)19(25)9-7-16-6-8-18(24)21-20-16/h6,8,14-15,17H,3-5,7,9-13H2,1-2H3,(H,21,24). The highest BCUT2D eigenvalue weighted by Gasteiger charge is 2.33. The van der Waals surface area contributed by atoms with Gasteiger partial charge in [-0.1, -0.05) is 13.8 Å². The van der Waals surface area contributed by atoms with Gasteiger partial charge in [0.25, 0.3) is 5.56 Å². The fraction of sp³-hybridized carbons (Fsp3) is 0.737. The number of amides is 1. The van der Waals surface area contributed by atoms with E-state index in [9.17, 15) is 9.59 Å². The van der Waals surface area contributed by atoms with Crippen LogP contribution in [-0.4, -0.2) is 58.1 Å². The lowest BCUT2D eigenvalue weighted by molar-refractivity contribution is -0.131. The topological polar surface area (TPSA) is 69.3 Å². The molecule has 1 saturated carbocycles. The summed E-state index contributed by atoms with van der Waals surface area (Å²) in [5, 5.41) is 6.42. The highest BCUT2D eigenvalue weighted by Crippen LogP contribution is 2.31. The number of aryl methyl sites for hydroxylation is 1. The van der Waals surface area contributed by atoms with Crippen LogP contribution in [0.1, 0.15) is 45.2 Å². The van der Waals surface area contributed by atoms with E-state index in [1.165, 1.54) is 25.5 Å². The summed E-state index contributed by atoms with van der Waals surface area (Å²) in [6.45, 7) is 8.52. The lowest BCUT2D eigenvalue weighted by atomic mass is 10.0. The minimum atomic E-state index is -0.210. The van der Waals surface area contributed by atoms with Gasteiger partial charge in [-0.2, -0.15) is 5.10 Å². The molecule has 0 spiro atoms. The van der Waals surface area contributed by atoms with Crippen LogP contribution in [0.5, 0.6) is 0 Å². The SMILES string of the molecule is CC(C)C1CN(C(=O)CCc2ccc(=O)[nH]n2)CCCN1CC1CC1. The van der Waals surface area contributed by atoms with Gasteiger partial charge >= 0.3 is 0 Å². The minimum Gasteiger partial charge on any atom is -0.341 e. The second-order valence-corrected chi connectivity index (χ2v) is 7.86. The van der Waals surface area contributed by atoms with E-state index in [1.54, 1.807) is 6.07 Å². The van der Waals surface area contributed by atoms with Crippen molar-refractivity contribution in [3.8, 4) is 0 Å². The molecule has 0 bridgehead atoms. The number of hydrogen-bond acceptors (Lipinski definition) is 4. The van der Waals surface area contributed by atoms with E-state index < -0.39 is 0 Å². The molecule has 1 amide bonds. The minimum absolute atomic E-state index is 0.201. The summed E-state index contributed by atoms with van der Waals surface area (Å²) in [5.74, 6) is 1.63. The first-order valence-corrected chi connectivity index (χ1v) is 9.59. The molecular formula is C19H30N4O2. The summed E-state index contributed by atoms with van der Waals surface area (Å²) in [5.41, 5.74) is 0.552. The number of rotatable bonds is 6. The highest BCUT2D eigenvalue weighted by atomic mass is 16.2. The Kier molecular flexibility index (Phi) is 5.89. The molecule has 1 aromatic rings. The van der Waals surface area contributed by atoms with Crippen LogP contribution < -0.4 is 5.56 Å². The zero-order valence-corrected chi connectivity index (χ0v) is 15.4. The normalized spacial score (nSPS) is 22.2. The van der Waals surface area contributed by atoms with Gasteiger partial charge in [0.1, 0.15) is 0 Å². The monoisotopic (exact) mass is 346 g/mol. The van der Waals surface area contributed by atoms with Crippen LogP contribution in [0.2, 0.25) is 0 Å². The van der Waals surface area contributed by atoms with E-state index in [1.807, 2.05) is 4.90 Å². The summed E-state index contributed by atoms with van der Waals surface area (Å²) in [6, 6.07) is 3.62. The lowest BCUT2D eigenvalue weighted by Crippen LogP contribution is -2.46. The summed E-state index contributed by atoms with van der Waals surface area (Å²) >= 11 is 0. The van der Waals surface area contributed by atoms with Crippen LogP contribution in [0, 0.1) is 11.8 Å². The number of aromatic amines is 1. The van der Waals surface area contributed by atoms with Gasteiger partial charge in [0, 0.05) is 51.1 Å². The van der Waals surface area contributed by atoms with Crippen molar-refractivity contribution in [1.82, 2.24) is 20.0 Å². The fourth-order valence-electron chi connectivity index (χ4n) is 3.69. The van der Waals surface area contributed by atoms with Crippen molar-refractivity contribution in [3.05, 3.63) is 28.2 Å². The maximum absolute atomic E-state index is 12.7. The molecule has 2 aliphatic rings. The van der Waals surface area contributed by atoms with Crippen molar-refractivity contribution in [2.75, 3.05) is 26.2 Å². The van der Waals surface area contributed by atoms with Gasteiger partial charge in [-0.3, -0.25) is 14.5 Å². The first-order chi connectivity index (χ1) is 12.0. The second kappa shape index (κ2) is 8.13. The van der Waals surface area contributed by atoms with E-state index >= 15 is 0 Å². The average Bonchev–Trinajstić information content (AvgIpc) is 3.41. The quantitative estimate of drug-likeness (QED) is 0.851. The Labute approximate surface area is 149 Å². The third-order valence-corrected chi connectivity index (χ3v) is 5.39. The van der Waals surface area contributed by atoms with Gasteiger partial charge < -0.3 is 4.90 Å². The molecule has 25 heavy (non-hydrogen) atoms. The molecule has 0 radical (unpaired) electrons. The van der Waals surface area contributed by atoms with Crippen LogP contribution in [0.15, 0.2) is 16.9 Å². The predicted molar refractivity (Wildman–Crippen MR) is 97.3 cm³/mol. The van der Waals surface area contributed by atoms with Crippen LogP contribution in [0.4, 0.5) is 0 Å². The Morgan fingerprint density at radius 2 is 2.12 bits per heavy atom. The molecule has 3 rings (SSSR count). The molecule has 0 aromatic carbocycles. The number of nitrogens with zero attached hydrogens (tertiary/aromatic N) is 3. The van der Waals surface area contributed by atoms with Crippen molar-refractivity contribution in [3.63, 3.8) is 0 Å². The van der Waals surface area contributed by atoms with Gasteiger partial charge in [-0.05, 0) is 37.2 Å². The molecule has 1 aliphatic carbocycles. The van der Waals surface area contributed by atoms with E-state index in [4.69, 9.17) is 0 Å². The number of nitrogens with one attached hydrogen (secondary N) is 1. The Morgan fingerprint density at radius 1 is 1.32 bits per heavy atom. The van der Waals surface area contributed by atoms with E-state index in [2.05, 4.69) is 28.9 Å². The zero-order valence-electron chi connectivity index (χ0n) is 15.4. The molecule has 1 atom stereocenters. The van der Waals surface area contributed by atoms with Crippen LogP contribution in [0.3, 0.4) is 0 Å². The van der Waals surface area contributed by atoms with Crippen molar-refractivity contribution in [1.29, 1.82) is 0 Å². The molecule has 2 fully saturated rings. The Morgan fingerprint density at radius 3 is 2.76 bits per heavy atom. The highest BCUT2D eigenvalue weighted by molar-refractivity contribution is 5.76. The van der Waals surface area contributed by atoms with Crippen molar-refractivity contribution >= 4 is 5.91 Å². The molecule has 1 aliphatic heterocycles. The third-order valence-electron chi connectivity index (χ3n) is 5.39. The first-order valence-electron chi connectivity index (χ1n) is 9.59. The van der Waals surface area contributed by atoms with Gasteiger partial charge in [0.05, 0.1) is 5.69 Å². The summed E-state index contributed by atoms with van der Waals surface area (Å²) < 4.78 is 0. The Balaban J connectivity index is 1.57. The van der Waals surface area contributed by atoms with E-state index in [-0.39, 0.29) is 11.5 Å². The molecule has 2 heterocycles. The summed E-state index contributed by atoms with van der Waals surface area (Å²) in [6.07, 6.45) is 4.82. The van der Waals surface area contributed by atoms with Crippen molar-refractivity contribution in [2.24, 2.45) is 11.8 Å². The van der Waals surface area contributed by atoms with E-state index in [0.29, 0.717) is 24.8 Å². The average molecular weight is 346 g/mol. The third kappa shape index (κ3) is 5.14. The number of carbonyl (C=O) groups is 1. The van der Waals surface area contributed by atoms with Gasteiger partial charge in [-0.15, -0.1) is 0 Å². The second-order valence-electron chi connectivity index (χ2n) is 7.86. The Bertz CT molecular complexity index is 618. The molecule has 1 aromatic heterocycles. The first kappa shape index (κ1) is 18.1. The van der Waals surface area contributed by atoms with Crippen LogP contribution in [0.25, 0.3) is 0 Å². The summed E-state index contributed by atoms with van der Waals surface area (Å²) in [7, 11) is 0. The maximum Gasteiger partial charge on any atom is 0.264 e. The molecule has 138 valence electrons. The largest absolute Gasteiger partial charge is 0.341 e. The molecule has 6 heteroatoms. The zero-order chi connectivity index (χ0) is 17.8. The number of H-pyrrole nitrogens is 1. The number of carbonyl (C=O) groups excluding carboxylic acids is 1. The van der Waals surface area contributed by atoms with Gasteiger partial charge in [-0.25, -0.2) is 5.10 Å². The number of hydrogen-bond donors (Lipinski definition) is 1. The van der Waals surface area contributed by atoms with Crippen molar-refractivity contribution in [2.45, 2.75) is 52.0 Å². The van der Waals surface area contributed by atoms with Crippen LogP contribution in [-0.2, 0) is 11.2 Å². The van der Waals surface area contributed by atoms with Crippen LogP contribution >= 0.6 is 0 Å². The predicted octanol–water partition coefficient (Wildman–Crippen LogP) is 1.67. The fourth-order valence-corrected chi connectivity index (χ4v) is 3.69. The lowest BCUT2D eigenvalue weighted by Gasteiger charge is -2.34. The molecule has 6 nitrogen and oxygen atoms in total.